The van der Waals surface area contributed by atoms with E-state index in [1.54, 1.807) is 28.8 Å². The molecule has 7 heteroatoms. The first-order valence-electron chi connectivity index (χ1n) is 7.32. The van der Waals surface area contributed by atoms with Crippen molar-refractivity contribution >= 4 is 66.8 Å². The Balaban J connectivity index is 2.07. The second kappa shape index (κ2) is 7.68. The topological polar surface area (TPSA) is 29.5 Å². The van der Waals surface area contributed by atoms with E-state index in [2.05, 4.69) is 31.9 Å². The van der Waals surface area contributed by atoms with Crippen molar-refractivity contribution in [2.24, 2.45) is 0 Å². The van der Waals surface area contributed by atoms with Gasteiger partial charge in [-0.15, -0.1) is 11.8 Å². The fourth-order valence-electron chi connectivity index (χ4n) is 2.60. The molecule has 1 saturated heterocycles. The maximum atomic E-state index is 12.5. The molecule has 0 spiro atoms. The average Bonchev–Trinajstić information content (AvgIpc) is 2.92. The van der Waals surface area contributed by atoms with Gasteiger partial charge in [0.25, 0.3) is 0 Å². The molecule has 126 valence electrons. The average molecular weight is 492 g/mol. The van der Waals surface area contributed by atoms with Crippen LogP contribution in [0.5, 0.6) is 5.75 Å². The van der Waals surface area contributed by atoms with Crippen molar-refractivity contribution in [2.75, 3.05) is 17.3 Å². The van der Waals surface area contributed by atoms with Gasteiger partial charge in [0, 0.05) is 20.7 Å². The minimum Gasteiger partial charge on any atom is -0.492 e. The van der Waals surface area contributed by atoms with Gasteiger partial charge in [-0.2, -0.15) is 0 Å². The van der Waals surface area contributed by atoms with E-state index in [0.29, 0.717) is 17.4 Å². The van der Waals surface area contributed by atoms with Crippen molar-refractivity contribution < 1.29 is 9.53 Å². The molecule has 1 aliphatic rings. The molecule has 2 aromatic carbocycles. The molecule has 0 saturated carbocycles. The Morgan fingerprint density at radius 1 is 1.29 bits per heavy atom. The van der Waals surface area contributed by atoms with Crippen LogP contribution in [0.4, 0.5) is 5.69 Å². The van der Waals surface area contributed by atoms with Crippen LogP contribution in [0.3, 0.4) is 0 Å². The van der Waals surface area contributed by atoms with Gasteiger partial charge in [0.15, 0.2) is 0 Å². The number of anilines is 1. The van der Waals surface area contributed by atoms with E-state index in [4.69, 9.17) is 16.3 Å². The second-order valence-corrected chi connectivity index (χ2v) is 8.42. The van der Waals surface area contributed by atoms with Crippen LogP contribution in [0, 0.1) is 0 Å². The lowest BCUT2D eigenvalue weighted by atomic mass is 10.1. The number of carbonyl (C=O) groups excluding carboxylic acids is 1. The molecule has 0 unspecified atom stereocenters. The Bertz CT molecular complexity index is 770. The third-order valence-corrected chi connectivity index (χ3v) is 6.06. The summed E-state index contributed by atoms with van der Waals surface area (Å²) in [5.41, 5.74) is 1.79. The second-order valence-electron chi connectivity index (χ2n) is 5.14. The van der Waals surface area contributed by atoms with Crippen LogP contribution in [0.1, 0.15) is 17.9 Å². The number of thioether (sulfide) groups is 1. The van der Waals surface area contributed by atoms with Gasteiger partial charge in [-0.1, -0.05) is 27.5 Å². The Morgan fingerprint density at radius 3 is 2.67 bits per heavy atom. The van der Waals surface area contributed by atoms with Crippen LogP contribution >= 0.6 is 55.2 Å². The summed E-state index contributed by atoms with van der Waals surface area (Å²) in [5.74, 6) is 1.28. The van der Waals surface area contributed by atoms with Crippen molar-refractivity contribution in [2.45, 2.75) is 12.3 Å². The molecule has 1 amide bonds. The minimum absolute atomic E-state index is 0.0749. The summed E-state index contributed by atoms with van der Waals surface area (Å²) in [7, 11) is 0. The van der Waals surface area contributed by atoms with E-state index in [1.165, 1.54) is 0 Å². The van der Waals surface area contributed by atoms with Crippen LogP contribution in [0.2, 0.25) is 5.02 Å². The number of benzene rings is 2. The molecule has 1 fully saturated rings. The maximum Gasteiger partial charge on any atom is 0.238 e. The molecule has 1 atom stereocenters. The molecule has 0 N–H and O–H groups in total. The van der Waals surface area contributed by atoms with E-state index in [1.807, 2.05) is 31.2 Å². The summed E-state index contributed by atoms with van der Waals surface area (Å²) in [6.45, 7) is 2.50. The summed E-state index contributed by atoms with van der Waals surface area (Å²) in [5, 5.41) is 0.504. The zero-order valence-electron chi connectivity index (χ0n) is 12.8. The van der Waals surface area contributed by atoms with Gasteiger partial charge >= 0.3 is 0 Å². The summed E-state index contributed by atoms with van der Waals surface area (Å²) in [6, 6.07) is 11.3. The lowest BCUT2D eigenvalue weighted by molar-refractivity contribution is -0.115. The fourth-order valence-corrected chi connectivity index (χ4v) is 5.28. The van der Waals surface area contributed by atoms with Gasteiger partial charge in [0.2, 0.25) is 5.91 Å². The highest BCUT2D eigenvalue weighted by atomic mass is 79.9. The lowest BCUT2D eigenvalue weighted by Crippen LogP contribution is -2.28. The summed E-state index contributed by atoms with van der Waals surface area (Å²) in [4.78, 5) is 14.3. The van der Waals surface area contributed by atoms with Crippen LogP contribution < -0.4 is 9.64 Å². The molecular formula is C17H14Br2ClNO2S. The third kappa shape index (κ3) is 3.62. The number of amides is 1. The smallest absolute Gasteiger partial charge is 0.238 e. The summed E-state index contributed by atoms with van der Waals surface area (Å²) >= 11 is 14.7. The Kier molecular flexibility index (Phi) is 5.80. The van der Waals surface area contributed by atoms with Crippen molar-refractivity contribution in [3.63, 3.8) is 0 Å². The predicted octanol–water partition coefficient (Wildman–Crippen LogP) is 6.04. The highest BCUT2D eigenvalue weighted by Crippen LogP contribution is 2.47. The van der Waals surface area contributed by atoms with Crippen LogP contribution in [0.25, 0.3) is 0 Å². The molecule has 3 nitrogen and oxygen atoms in total. The third-order valence-electron chi connectivity index (χ3n) is 3.56. The van der Waals surface area contributed by atoms with Gasteiger partial charge in [-0.05, 0) is 59.3 Å². The predicted molar refractivity (Wildman–Crippen MR) is 107 cm³/mol. The number of hydrogen-bond acceptors (Lipinski definition) is 3. The van der Waals surface area contributed by atoms with Crippen LogP contribution in [-0.4, -0.2) is 18.3 Å². The highest BCUT2D eigenvalue weighted by molar-refractivity contribution is 9.11. The van der Waals surface area contributed by atoms with E-state index in [-0.39, 0.29) is 11.3 Å². The number of hydrogen-bond donors (Lipinski definition) is 0. The Labute approximate surface area is 167 Å². The molecule has 2 aromatic rings. The molecule has 3 rings (SSSR count). The zero-order valence-corrected chi connectivity index (χ0v) is 17.5. The fraction of sp³-hybridized carbons (Fsp3) is 0.235. The molecule has 1 aliphatic heterocycles. The van der Waals surface area contributed by atoms with Gasteiger partial charge in [0.1, 0.15) is 11.1 Å². The maximum absolute atomic E-state index is 12.5. The first-order chi connectivity index (χ1) is 11.5. The number of nitrogens with zero attached hydrogens (tertiary/aromatic N) is 1. The van der Waals surface area contributed by atoms with Crippen molar-refractivity contribution in [1.29, 1.82) is 0 Å². The highest BCUT2D eigenvalue weighted by Gasteiger charge is 2.36. The van der Waals surface area contributed by atoms with Crippen LogP contribution in [-0.2, 0) is 4.79 Å². The molecule has 24 heavy (non-hydrogen) atoms. The first-order valence-corrected chi connectivity index (χ1v) is 10.3. The molecule has 0 aromatic heterocycles. The van der Waals surface area contributed by atoms with Crippen molar-refractivity contribution in [3.05, 3.63) is 55.9 Å². The Morgan fingerprint density at radius 2 is 2.00 bits per heavy atom. The van der Waals surface area contributed by atoms with Crippen LogP contribution in [0.15, 0.2) is 45.3 Å². The minimum atomic E-state index is -0.144. The molecule has 0 radical (unpaired) electrons. The van der Waals surface area contributed by atoms with Gasteiger partial charge in [-0.3, -0.25) is 9.69 Å². The van der Waals surface area contributed by atoms with Crippen molar-refractivity contribution in [1.82, 2.24) is 0 Å². The number of carbonyl (C=O) groups is 1. The van der Waals surface area contributed by atoms with E-state index >= 15 is 0 Å². The molecule has 1 heterocycles. The monoisotopic (exact) mass is 489 g/mol. The largest absolute Gasteiger partial charge is 0.492 e. The molecular weight excluding hydrogens is 478 g/mol. The number of ether oxygens (including phenoxy) is 1. The Hall–Kier alpha value is -0.690. The molecule has 0 bridgehead atoms. The first kappa shape index (κ1) is 18.1. The standard InChI is InChI=1S/C17H14Br2ClNO2S/c1-2-23-16-13(7-10(18)8-14(16)19)17-21(15(22)9-24-17)12-5-3-11(20)4-6-12/h3-8,17H,2,9H2,1H3/t17-/m0/s1. The SMILES string of the molecule is CCOc1c(Br)cc(Br)cc1[C@@H]1SCC(=O)N1c1ccc(Cl)cc1. The summed E-state index contributed by atoms with van der Waals surface area (Å²) < 4.78 is 7.63. The summed E-state index contributed by atoms with van der Waals surface area (Å²) in [6.07, 6.45) is 0. The quantitative estimate of drug-likeness (QED) is 0.522. The van der Waals surface area contributed by atoms with E-state index in [9.17, 15) is 4.79 Å². The van der Waals surface area contributed by atoms with Gasteiger partial charge in [0.05, 0.1) is 16.8 Å². The molecule has 0 aliphatic carbocycles. The normalized spacial score (nSPS) is 17.4. The number of rotatable bonds is 4. The lowest BCUT2D eigenvalue weighted by Gasteiger charge is -2.26. The number of halogens is 3. The van der Waals surface area contributed by atoms with E-state index < -0.39 is 0 Å². The zero-order chi connectivity index (χ0) is 17.3. The van der Waals surface area contributed by atoms with E-state index in [0.717, 1.165) is 25.9 Å². The van der Waals surface area contributed by atoms with Gasteiger partial charge < -0.3 is 4.74 Å². The van der Waals surface area contributed by atoms with Crippen molar-refractivity contribution in [3.8, 4) is 5.75 Å². The van der Waals surface area contributed by atoms with Gasteiger partial charge in [-0.25, -0.2) is 0 Å².